The van der Waals surface area contributed by atoms with Gasteiger partial charge < -0.3 is 5.32 Å². The topological polar surface area (TPSA) is 102 Å². The quantitative estimate of drug-likeness (QED) is 0.368. The number of carbonyl (C=O) groups is 1. The van der Waals surface area contributed by atoms with Crippen LogP contribution in [0, 0.1) is 0 Å². The molecule has 4 rings (SSSR count). The smallest absolute Gasteiger partial charge is 0.273 e. The highest BCUT2D eigenvalue weighted by Gasteiger charge is 2.11. The van der Waals surface area contributed by atoms with Gasteiger partial charge in [0.2, 0.25) is 5.91 Å². The lowest BCUT2D eigenvalue weighted by Crippen LogP contribution is -2.20. The van der Waals surface area contributed by atoms with E-state index >= 15 is 0 Å². The van der Waals surface area contributed by atoms with Gasteiger partial charge in [0.05, 0.1) is 16.6 Å². The maximum absolute atomic E-state index is 12.4. The number of para-hydroxylation sites is 2. The molecule has 4 aromatic rings. The Hall–Kier alpha value is -3.59. The van der Waals surface area contributed by atoms with Gasteiger partial charge in [0.1, 0.15) is 5.82 Å². The summed E-state index contributed by atoms with van der Waals surface area (Å²) >= 11 is 1.33. The molecule has 0 aliphatic heterocycles. The molecule has 9 heteroatoms. The van der Waals surface area contributed by atoms with Crippen molar-refractivity contribution in [3.63, 3.8) is 0 Å². The van der Waals surface area contributed by atoms with E-state index in [1.807, 2.05) is 24.3 Å². The molecular formula is C21H19N5O3S. The predicted molar refractivity (Wildman–Crippen MR) is 117 cm³/mol. The lowest BCUT2D eigenvalue weighted by molar-refractivity contribution is -0.115. The summed E-state index contributed by atoms with van der Waals surface area (Å²) in [5.74, 6) is 0.526. The lowest BCUT2D eigenvalue weighted by Gasteiger charge is -2.08. The van der Waals surface area contributed by atoms with Crippen molar-refractivity contribution < 1.29 is 4.79 Å². The molecule has 2 N–H and O–H groups in total. The van der Waals surface area contributed by atoms with Gasteiger partial charge in [0, 0.05) is 25.3 Å². The molecule has 30 heavy (non-hydrogen) atoms. The van der Waals surface area contributed by atoms with Crippen LogP contribution in [0.25, 0.3) is 16.6 Å². The summed E-state index contributed by atoms with van der Waals surface area (Å²) < 4.78 is 2.85. The molecule has 0 unspecified atom stereocenters. The van der Waals surface area contributed by atoms with Gasteiger partial charge in [0.15, 0.2) is 5.16 Å². The molecular weight excluding hydrogens is 402 g/mol. The third kappa shape index (κ3) is 4.06. The number of nitrogens with one attached hydrogen (secondary N) is 2. The second-order valence-electron chi connectivity index (χ2n) is 6.60. The number of thioether (sulfide) groups is 1. The van der Waals surface area contributed by atoms with Crippen molar-refractivity contribution in [3.8, 4) is 5.69 Å². The van der Waals surface area contributed by atoms with E-state index in [9.17, 15) is 14.4 Å². The van der Waals surface area contributed by atoms with Crippen molar-refractivity contribution in [2.75, 3.05) is 11.1 Å². The van der Waals surface area contributed by atoms with Gasteiger partial charge in [-0.2, -0.15) is 0 Å². The van der Waals surface area contributed by atoms with E-state index in [1.165, 1.54) is 27.1 Å². The molecule has 0 spiro atoms. The zero-order chi connectivity index (χ0) is 21.1. The number of amides is 1. The molecule has 0 fully saturated rings. The van der Waals surface area contributed by atoms with Gasteiger partial charge in [-0.15, -0.1) is 0 Å². The first kappa shape index (κ1) is 19.7. The van der Waals surface area contributed by atoms with E-state index in [0.717, 1.165) is 0 Å². The van der Waals surface area contributed by atoms with Gasteiger partial charge in [-0.25, -0.2) is 9.67 Å². The lowest BCUT2D eigenvalue weighted by atomic mass is 10.2. The summed E-state index contributed by atoms with van der Waals surface area (Å²) in [5.41, 5.74) is 0.933. The number of aromatic nitrogens is 4. The molecule has 152 valence electrons. The van der Waals surface area contributed by atoms with E-state index in [1.54, 1.807) is 37.4 Å². The number of carbonyl (C=O) groups excluding carboxylic acids is 1. The van der Waals surface area contributed by atoms with Gasteiger partial charge >= 0.3 is 0 Å². The normalized spacial score (nSPS) is 11.0. The van der Waals surface area contributed by atoms with Crippen molar-refractivity contribution in [3.05, 3.63) is 81.4 Å². The molecule has 8 nitrogen and oxygen atoms in total. The minimum absolute atomic E-state index is 0.118. The van der Waals surface area contributed by atoms with Crippen molar-refractivity contribution in [2.45, 2.75) is 11.6 Å². The molecule has 0 radical (unpaired) electrons. The van der Waals surface area contributed by atoms with Crippen molar-refractivity contribution in [2.24, 2.45) is 7.05 Å². The molecule has 2 aromatic heterocycles. The van der Waals surface area contributed by atoms with Crippen LogP contribution in [0.3, 0.4) is 0 Å². The van der Waals surface area contributed by atoms with E-state index < -0.39 is 0 Å². The van der Waals surface area contributed by atoms with Crippen LogP contribution in [-0.2, 0) is 11.8 Å². The van der Waals surface area contributed by atoms with Gasteiger partial charge in [0.25, 0.3) is 11.1 Å². The molecule has 1 amide bonds. The summed E-state index contributed by atoms with van der Waals surface area (Å²) in [6.07, 6.45) is 0.200. The van der Waals surface area contributed by atoms with Crippen LogP contribution in [0.15, 0.2) is 75.4 Å². The van der Waals surface area contributed by atoms with E-state index in [0.29, 0.717) is 33.3 Å². The third-order valence-electron chi connectivity index (χ3n) is 4.51. The Kier molecular flexibility index (Phi) is 5.53. The summed E-state index contributed by atoms with van der Waals surface area (Å²) in [6, 6.07) is 17.6. The second kappa shape index (κ2) is 8.42. The Balaban J connectivity index is 1.39. The number of aromatic amines is 1. The predicted octanol–water partition coefficient (Wildman–Crippen LogP) is 2.53. The molecule has 0 bridgehead atoms. The number of benzene rings is 2. The Morgan fingerprint density at radius 1 is 1.10 bits per heavy atom. The molecule has 2 heterocycles. The fraction of sp³-hybridized carbons (Fsp3) is 0.143. The number of fused-ring (bicyclic) bond motifs is 1. The van der Waals surface area contributed by atoms with Gasteiger partial charge in [-0.1, -0.05) is 42.1 Å². The van der Waals surface area contributed by atoms with Crippen molar-refractivity contribution in [1.82, 2.24) is 19.3 Å². The Bertz CT molecular complexity index is 1320. The number of hydrogen-bond donors (Lipinski definition) is 2. The van der Waals surface area contributed by atoms with Crippen molar-refractivity contribution in [1.29, 1.82) is 0 Å². The molecule has 2 aromatic carbocycles. The van der Waals surface area contributed by atoms with Crippen LogP contribution < -0.4 is 16.4 Å². The average molecular weight is 421 g/mol. The summed E-state index contributed by atoms with van der Waals surface area (Å²) in [6.45, 7) is 0. The number of hydrogen-bond acceptors (Lipinski definition) is 5. The molecule has 0 aliphatic carbocycles. The average Bonchev–Trinajstić information content (AvgIpc) is 3.12. The third-order valence-corrected chi connectivity index (χ3v) is 5.54. The first-order valence-electron chi connectivity index (χ1n) is 9.29. The minimum atomic E-state index is -0.263. The van der Waals surface area contributed by atoms with Crippen LogP contribution in [0.5, 0.6) is 0 Å². The maximum Gasteiger partial charge on any atom is 0.273 e. The summed E-state index contributed by atoms with van der Waals surface area (Å²) in [4.78, 5) is 41.4. The standard InChI is InChI=1S/C21H19N5O3S/c1-25-20(29)15-9-5-6-10-16(15)22-21(25)30-12-11-18(27)23-17-13-19(28)26(24-17)14-7-3-2-4-8-14/h2-10,13,24H,11-12H2,1H3,(H,23,27). The fourth-order valence-electron chi connectivity index (χ4n) is 3.00. The monoisotopic (exact) mass is 421 g/mol. The second-order valence-corrected chi connectivity index (χ2v) is 7.66. The largest absolute Gasteiger partial charge is 0.311 e. The molecule has 0 aliphatic rings. The summed E-state index contributed by atoms with van der Waals surface area (Å²) in [7, 11) is 1.67. The highest BCUT2D eigenvalue weighted by molar-refractivity contribution is 7.99. The number of nitrogens with zero attached hydrogens (tertiary/aromatic N) is 3. The zero-order valence-electron chi connectivity index (χ0n) is 16.2. The Morgan fingerprint density at radius 3 is 2.63 bits per heavy atom. The maximum atomic E-state index is 12.4. The Labute approximate surface area is 175 Å². The molecule has 0 saturated heterocycles. The Morgan fingerprint density at radius 2 is 1.83 bits per heavy atom. The van der Waals surface area contributed by atoms with Gasteiger partial charge in [-0.05, 0) is 24.3 Å². The van der Waals surface area contributed by atoms with Crippen molar-refractivity contribution >= 4 is 34.4 Å². The van der Waals surface area contributed by atoms with Crippen LogP contribution in [-0.4, -0.2) is 31.0 Å². The van der Waals surface area contributed by atoms with Crippen LogP contribution in [0.1, 0.15) is 6.42 Å². The molecule has 0 saturated carbocycles. The minimum Gasteiger partial charge on any atom is -0.311 e. The molecule has 0 atom stereocenters. The van der Waals surface area contributed by atoms with E-state index in [-0.39, 0.29) is 23.4 Å². The number of rotatable bonds is 6. The first-order valence-corrected chi connectivity index (χ1v) is 10.3. The number of anilines is 1. The SMILES string of the molecule is Cn1c(SCCC(=O)Nc2cc(=O)n(-c3ccccc3)[nH]2)nc2ccccc2c1=O. The van der Waals surface area contributed by atoms with Crippen LogP contribution in [0.2, 0.25) is 0 Å². The van der Waals surface area contributed by atoms with Crippen LogP contribution in [0.4, 0.5) is 5.82 Å². The highest BCUT2D eigenvalue weighted by Crippen LogP contribution is 2.18. The number of H-pyrrole nitrogens is 1. The summed E-state index contributed by atoms with van der Waals surface area (Å²) in [5, 5.41) is 6.69. The van der Waals surface area contributed by atoms with Crippen LogP contribution >= 0.6 is 11.8 Å². The van der Waals surface area contributed by atoms with Gasteiger partial charge in [-0.3, -0.25) is 24.0 Å². The van der Waals surface area contributed by atoms with E-state index in [2.05, 4.69) is 15.4 Å². The van der Waals surface area contributed by atoms with E-state index in [4.69, 9.17) is 0 Å². The first-order chi connectivity index (χ1) is 14.5. The fourth-order valence-corrected chi connectivity index (χ4v) is 3.91. The highest BCUT2D eigenvalue weighted by atomic mass is 32.2. The zero-order valence-corrected chi connectivity index (χ0v) is 17.0.